The Balaban J connectivity index is 1.57. The van der Waals surface area contributed by atoms with Gasteiger partial charge in [0.2, 0.25) is 0 Å². The molecule has 0 saturated heterocycles. The minimum atomic E-state index is 0.569. The molecule has 0 atom stereocenters. The average molecular weight is 343 g/mol. The van der Waals surface area contributed by atoms with E-state index in [1.807, 2.05) is 11.8 Å². The van der Waals surface area contributed by atoms with Gasteiger partial charge in [-0.3, -0.25) is 4.90 Å². The molecule has 0 radical (unpaired) electrons. The smallest absolute Gasteiger partial charge is 0.0236 e. The van der Waals surface area contributed by atoms with E-state index in [-0.39, 0.29) is 0 Å². The highest BCUT2D eigenvalue weighted by atomic mass is 32.2. The number of thioether (sulfide) groups is 1. The summed E-state index contributed by atoms with van der Waals surface area (Å²) in [6, 6.07) is 22.0. The zero-order valence-corrected chi connectivity index (χ0v) is 15.8. The van der Waals surface area contributed by atoms with E-state index in [1.165, 1.54) is 11.1 Å². The van der Waals surface area contributed by atoms with Gasteiger partial charge in [0.25, 0.3) is 0 Å². The fraction of sp³-hybridized carbons (Fsp3) is 0.429. The molecule has 0 aliphatic heterocycles. The van der Waals surface area contributed by atoms with E-state index in [9.17, 15) is 0 Å². The highest BCUT2D eigenvalue weighted by Gasteiger charge is 2.09. The van der Waals surface area contributed by atoms with E-state index in [1.54, 1.807) is 0 Å². The van der Waals surface area contributed by atoms with Gasteiger partial charge in [-0.15, -0.1) is 0 Å². The Bertz CT molecular complexity index is 542. The predicted octanol–water partition coefficient (Wildman–Crippen LogP) is 4.42. The molecule has 0 aliphatic rings. The Morgan fingerprint density at radius 1 is 0.875 bits per heavy atom. The maximum absolute atomic E-state index is 3.58. The lowest BCUT2D eigenvalue weighted by atomic mass is 10.2. The summed E-state index contributed by atoms with van der Waals surface area (Å²) in [5, 5.41) is 3.58. The Morgan fingerprint density at radius 2 is 1.50 bits per heavy atom. The molecule has 130 valence electrons. The Morgan fingerprint density at radius 3 is 2.12 bits per heavy atom. The minimum absolute atomic E-state index is 0.569. The second-order valence-corrected chi connectivity index (χ2v) is 7.44. The van der Waals surface area contributed by atoms with Crippen molar-refractivity contribution in [2.45, 2.75) is 32.2 Å². The number of rotatable bonds is 11. The van der Waals surface area contributed by atoms with E-state index >= 15 is 0 Å². The van der Waals surface area contributed by atoms with Gasteiger partial charge in [0, 0.05) is 43.7 Å². The SMILES string of the molecule is CC(C)N(CCNCCSCc1ccccc1)Cc1ccccc1. The molecule has 0 heterocycles. The van der Waals surface area contributed by atoms with Gasteiger partial charge < -0.3 is 5.32 Å². The number of hydrogen-bond acceptors (Lipinski definition) is 3. The Labute approximate surface area is 151 Å². The lowest BCUT2D eigenvalue weighted by Gasteiger charge is -2.26. The molecule has 0 aliphatic carbocycles. The topological polar surface area (TPSA) is 15.3 Å². The molecule has 0 fully saturated rings. The van der Waals surface area contributed by atoms with Crippen LogP contribution in [0.4, 0.5) is 0 Å². The van der Waals surface area contributed by atoms with Crippen LogP contribution in [0.25, 0.3) is 0 Å². The summed E-state index contributed by atoms with van der Waals surface area (Å²) >= 11 is 2.00. The monoisotopic (exact) mass is 342 g/mol. The molecular formula is C21H30N2S. The van der Waals surface area contributed by atoms with Gasteiger partial charge in [0.1, 0.15) is 0 Å². The summed E-state index contributed by atoms with van der Waals surface area (Å²) in [5.41, 5.74) is 2.81. The van der Waals surface area contributed by atoms with Gasteiger partial charge in [0.15, 0.2) is 0 Å². The number of hydrogen-bond donors (Lipinski definition) is 1. The van der Waals surface area contributed by atoms with Crippen molar-refractivity contribution in [2.24, 2.45) is 0 Å². The van der Waals surface area contributed by atoms with Crippen molar-refractivity contribution in [1.29, 1.82) is 0 Å². The van der Waals surface area contributed by atoms with Crippen LogP contribution in [0.5, 0.6) is 0 Å². The molecule has 0 aromatic heterocycles. The van der Waals surface area contributed by atoms with Crippen molar-refractivity contribution in [1.82, 2.24) is 10.2 Å². The molecule has 0 unspecified atom stereocenters. The highest BCUT2D eigenvalue weighted by Crippen LogP contribution is 2.10. The maximum Gasteiger partial charge on any atom is 0.0236 e. The van der Waals surface area contributed by atoms with Crippen molar-refractivity contribution < 1.29 is 0 Å². The number of benzene rings is 2. The Hall–Kier alpha value is -1.29. The van der Waals surface area contributed by atoms with Crippen LogP contribution in [-0.2, 0) is 12.3 Å². The van der Waals surface area contributed by atoms with Gasteiger partial charge >= 0.3 is 0 Å². The molecule has 2 aromatic carbocycles. The largest absolute Gasteiger partial charge is 0.315 e. The van der Waals surface area contributed by atoms with Crippen LogP contribution in [0.3, 0.4) is 0 Å². The summed E-state index contributed by atoms with van der Waals surface area (Å²) in [5.74, 6) is 2.27. The van der Waals surface area contributed by atoms with Gasteiger partial charge in [0.05, 0.1) is 0 Å². The minimum Gasteiger partial charge on any atom is -0.315 e. The first-order valence-electron chi connectivity index (χ1n) is 8.86. The fourth-order valence-corrected chi connectivity index (χ4v) is 3.46. The van der Waals surface area contributed by atoms with Gasteiger partial charge in [-0.05, 0) is 25.0 Å². The molecule has 0 saturated carbocycles. The third kappa shape index (κ3) is 7.52. The summed E-state index contributed by atoms with van der Waals surface area (Å²) in [6.07, 6.45) is 0. The molecular weight excluding hydrogens is 312 g/mol. The highest BCUT2D eigenvalue weighted by molar-refractivity contribution is 7.98. The maximum atomic E-state index is 3.58. The fourth-order valence-electron chi connectivity index (χ4n) is 2.59. The second kappa shape index (κ2) is 11.3. The van der Waals surface area contributed by atoms with Crippen LogP contribution in [0.2, 0.25) is 0 Å². The summed E-state index contributed by atoms with van der Waals surface area (Å²) in [4.78, 5) is 2.53. The van der Waals surface area contributed by atoms with E-state index in [0.29, 0.717) is 6.04 Å². The van der Waals surface area contributed by atoms with Crippen LogP contribution in [0, 0.1) is 0 Å². The quantitative estimate of drug-likeness (QED) is 0.609. The van der Waals surface area contributed by atoms with E-state index < -0.39 is 0 Å². The Kier molecular flexibility index (Phi) is 8.96. The van der Waals surface area contributed by atoms with Crippen LogP contribution in [0.15, 0.2) is 60.7 Å². The van der Waals surface area contributed by atoms with E-state index in [0.717, 1.165) is 37.7 Å². The molecule has 0 bridgehead atoms. The van der Waals surface area contributed by atoms with E-state index in [4.69, 9.17) is 0 Å². The van der Waals surface area contributed by atoms with Crippen molar-refractivity contribution in [3.8, 4) is 0 Å². The zero-order chi connectivity index (χ0) is 17.0. The summed E-state index contributed by atoms with van der Waals surface area (Å²) in [6.45, 7) is 8.81. The summed E-state index contributed by atoms with van der Waals surface area (Å²) in [7, 11) is 0. The van der Waals surface area contributed by atoms with Gasteiger partial charge in [-0.2, -0.15) is 11.8 Å². The van der Waals surface area contributed by atoms with Crippen LogP contribution < -0.4 is 5.32 Å². The van der Waals surface area contributed by atoms with Crippen LogP contribution >= 0.6 is 11.8 Å². The number of nitrogens with one attached hydrogen (secondary N) is 1. The van der Waals surface area contributed by atoms with Crippen molar-refractivity contribution >= 4 is 11.8 Å². The molecule has 3 heteroatoms. The van der Waals surface area contributed by atoms with Crippen LogP contribution in [0.1, 0.15) is 25.0 Å². The number of nitrogens with zero attached hydrogens (tertiary/aromatic N) is 1. The van der Waals surface area contributed by atoms with Crippen molar-refractivity contribution in [2.75, 3.05) is 25.4 Å². The molecule has 2 nitrogen and oxygen atoms in total. The van der Waals surface area contributed by atoms with Crippen molar-refractivity contribution in [3.05, 3.63) is 71.8 Å². The average Bonchev–Trinajstić information content (AvgIpc) is 2.61. The molecule has 2 rings (SSSR count). The molecule has 2 aromatic rings. The molecule has 1 N–H and O–H groups in total. The lowest BCUT2D eigenvalue weighted by molar-refractivity contribution is 0.214. The first-order chi connectivity index (χ1) is 11.8. The molecule has 0 amide bonds. The standard InChI is InChI=1S/C21H30N2S/c1-19(2)23(17-20-9-5-3-6-10-20)15-13-22-14-16-24-18-21-11-7-4-8-12-21/h3-12,19,22H,13-18H2,1-2H3. The first-order valence-corrected chi connectivity index (χ1v) is 10.0. The zero-order valence-electron chi connectivity index (χ0n) is 14.9. The van der Waals surface area contributed by atoms with E-state index in [2.05, 4.69) is 84.7 Å². The molecule has 24 heavy (non-hydrogen) atoms. The molecule has 0 spiro atoms. The lowest BCUT2D eigenvalue weighted by Crippen LogP contribution is -2.37. The third-order valence-electron chi connectivity index (χ3n) is 4.07. The first kappa shape index (κ1) is 19.0. The third-order valence-corrected chi connectivity index (χ3v) is 5.10. The normalized spacial score (nSPS) is 11.3. The van der Waals surface area contributed by atoms with Crippen LogP contribution in [-0.4, -0.2) is 36.3 Å². The van der Waals surface area contributed by atoms with Gasteiger partial charge in [-0.1, -0.05) is 60.7 Å². The second-order valence-electron chi connectivity index (χ2n) is 6.34. The summed E-state index contributed by atoms with van der Waals surface area (Å²) < 4.78 is 0. The van der Waals surface area contributed by atoms with Gasteiger partial charge in [-0.25, -0.2) is 0 Å². The predicted molar refractivity (Wildman–Crippen MR) is 107 cm³/mol. The van der Waals surface area contributed by atoms with Crippen molar-refractivity contribution in [3.63, 3.8) is 0 Å².